The van der Waals surface area contributed by atoms with Crippen LogP contribution in [-0.4, -0.2) is 5.84 Å². The van der Waals surface area contributed by atoms with Gasteiger partial charge in [-0.25, -0.2) is 4.99 Å². The van der Waals surface area contributed by atoms with Gasteiger partial charge in [-0.2, -0.15) is 0 Å². The molecule has 0 spiro atoms. The predicted octanol–water partition coefficient (Wildman–Crippen LogP) is 2.23. The highest BCUT2D eigenvalue weighted by molar-refractivity contribution is 5.78. The smallest absolute Gasteiger partial charge is 0.0957 e. The molecule has 0 fully saturated rings. The maximum absolute atomic E-state index is 5.37. The normalized spacial score (nSPS) is 15.5. The van der Waals surface area contributed by atoms with Gasteiger partial charge in [-0.15, -0.1) is 0 Å². The van der Waals surface area contributed by atoms with Crippen molar-refractivity contribution in [2.24, 2.45) is 10.7 Å². The Bertz CT molecular complexity index is 206. The lowest BCUT2D eigenvalue weighted by atomic mass is 10.1. The average Bonchev–Trinajstić information content (AvgIpc) is 1.98. The molecule has 0 unspecified atom stereocenters. The molecule has 0 rings (SSSR count). The Labute approximate surface area is 68.5 Å². The number of aliphatic imine (C=N–C) groups is 1. The van der Waals surface area contributed by atoms with E-state index in [1.165, 1.54) is 5.57 Å². The van der Waals surface area contributed by atoms with E-state index in [1.54, 1.807) is 13.1 Å². The molecule has 0 aliphatic heterocycles. The van der Waals surface area contributed by atoms with E-state index in [4.69, 9.17) is 5.73 Å². The van der Waals surface area contributed by atoms with Crippen LogP contribution in [-0.2, 0) is 0 Å². The Balaban J connectivity index is 4.36. The maximum Gasteiger partial charge on any atom is 0.0957 e. The number of hydrogen-bond donors (Lipinski definition) is 1. The van der Waals surface area contributed by atoms with E-state index in [9.17, 15) is 0 Å². The molecule has 0 aromatic rings. The Morgan fingerprint density at radius 1 is 1.18 bits per heavy atom. The number of rotatable bonds is 2. The molecule has 62 valence electrons. The lowest BCUT2D eigenvalue weighted by Gasteiger charge is -1.96. The third kappa shape index (κ3) is 4.37. The van der Waals surface area contributed by atoms with Gasteiger partial charge in [-0.3, -0.25) is 0 Å². The van der Waals surface area contributed by atoms with Gasteiger partial charge in [0.2, 0.25) is 0 Å². The summed E-state index contributed by atoms with van der Waals surface area (Å²) < 4.78 is 0. The fourth-order valence-electron chi connectivity index (χ4n) is 0.528. The van der Waals surface area contributed by atoms with Crippen LogP contribution in [0, 0.1) is 0 Å². The molecule has 2 N–H and O–H groups in total. The highest BCUT2D eigenvalue weighted by Crippen LogP contribution is 2.06. The molecule has 0 amide bonds. The summed E-state index contributed by atoms with van der Waals surface area (Å²) in [5, 5.41) is 0. The second kappa shape index (κ2) is 4.72. The van der Waals surface area contributed by atoms with Crippen molar-refractivity contribution in [1.29, 1.82) is 0 Å². The SMILES string of the molecule is CC=C(C)/C(C)=C/N=C(C)N. The Kier molecular flexibility index (Phi) is 4.27. The van der Waals surface area contributed by atoms with E-state index in [1.807, 2.05) is 26.8 Å². The fourth-order valence-corrected chi connectivity index (χ4v) is 0.528. The van der Waals surface area contributed by atoms with Crippen molar-refractivity contribution in [3.05, 3.63) is 23.4 Å². The van der Waals surface area contributed by atoms with E-state index in [-0.39, 0.29) is 0 Å². The molecule has 2 nitrogen and oxygen atoms in total. The van der Waals surface area contributed by atoms with E-state index in [0.29, 0.717) is 5.84 Å². The van der Waals surface area contributed by atoms with Gasteiger partial charge in [0.25, 0.3) is 0 Å². The van der Waals surface area contributed by atoms with Gasteiger partial charge in [-0.1, -0.05) is 11.6 Å². The third-order valence-electron chi connectivity index (χ3n) is 1.52. The Hall–Kier alpha value is -1.05. The molecule has 0 aliphatic rings. The first-order valence-electron chi connectivity index (χ1n) is 3.68. The van der Waals surface area contributed by atoms with Crippen molar-refractivity contribution in [2.45, 2.75) is 27.7 Å². The van der Waals surface area contributed by atoms with Gasteiger partial charge in [0, 0.05) is 6.20 Å². The summed E-state index contributed by atoms with van der Waals surface area (Å²) in [7, 11) is 0. The topological polar surface area (TPSA) is 38.4 Å². The van der Waals surface area contributed by atoms with Crippen molar-refractivity contribution < 1.29 is 0 Å². The molecule has 11 heavy (non-hydrogen) atoms. The van der Waals surface area contributed by atoms with Gasteiger partial charge in [0.15, 0.2) is 0 Å². The zero-order valence-corrected chi connectivity index (χ0v) is 7.68. The summed E-state index contributed by atoms with van der Waals surface area (Å²) in [6.45, 7) is 7.84. The van der Waals surface area contributed by atoms with Crippen molar-refractivity contribution in [1.82, 2.24) is 0 Å². The zero-order chi connectivity index (χ0) is 8.85. The van der Waals surface area contributed by atoms with Crippen molar-refractivity contribution >= 4 is 5.84 Å². The second-order valence-electron chi connectivity index (χ2n) is 2.55. The minimum atomic E-state index is 0.591. The number of amidine groups is 1. The van der Waals surface area contributed by atoms with E-state index < -0.39 is 0 Å². The zero-order valence-electron chi connectivity index (χ0n) is 7.68. The minimum absolute atomic E-state index is 0.591. The van der Waals surface area contributed by atoms with Crippen molar-refractivity contribution in [2.75, 3.05) is 0 Å². The van der Waals surface area contributed by atoms with Gasteiger partial charge in [0.05, 0.1) is 5.84 Å². The summed E-state index contributed by atoms with van der Waals surface area (Å²) in [4.78, 5) is 3.99. The molecule has 0 heterocycles. The van der Waals surface area contributed by atoms with Crippen LogP contribution in [0.1, 0.15) is 27.7 Å². The summed E-state index contributed by atoms with van der Waals surface area (Å²) in [5.74, 6) is 0.591. The van der Waals surface area contributed by atoms with E-state index in [2.05, 4.69) is 4.99 Å². The molecule has 0 aromatic carbocycles. The second-order valence-corrected chi connectivity index (χ2v) is 2.55. The quantitative estimate of drug-likeness (QED) is 0.368. The van der Waals surface area contributed by atoms with Gasteiger partial charge in [-0.05, 0) is 33.3 Å². The standard InChI is InChI=1S/C9H16N2/c1-5-7(2)8(3)6-11-9(4)10/h5-6H,1-4H3,(H2,10,11)/b7-5?,8-6+. The van der Waals surface area contributed by atoms with Gasteiger partial charge < -0.3 is 5.73 Å². The number of allylic oxidation sites excluding steroid dienone is 3. The summed E-state index contributed by atoms with van der Waals surface area (Å²) in [5.41, 5.74) is 7.75. The van der Waals surface area contributed by atoms with Crippen molar-refractivity contribution in [3.63, 3.8) is 0 Å². The van der Waals surface area contributed by atoms with Crippen LogP contribution in [0.5, 0.6) is 0 Å². The van der Waals surface area contributed by atoms with Crippen molar-refractivity contribution in [3.8, 4) is 0 Å². The summed E-state index contributed by atoms with van der Waals surface area (Å²) >= 11 is 0. The molecular weight excluding hydrogens is 136 g/mol. The predicted molar refractivity (Wildman–Crippen MR) is 50.5 cm³/mol. The van der Waals surface area contributed by atoms with Crippen LogP contribution in [0.15, 0.2) is 28.4 Å². The Morgan fingerprint density at radius 3 is 2.09 bits per heavy atom. The molecule has 0 bridgehead atoms. The van der Waals surface area contributed by atoms with E-state index >= 15 is 0 Å². The summed E-state index contributed by atoms with van der Waals surface area (Å²) in [6.07, 6.45) is 3.83. The average molecular weight is 152 g/mol. The first-order valence-corrected chi connectivity index (χ1v) is 3.68. The summed E-state index contributed by atoms with van der Waals surface area (Å²) in [6, 6.07) is 0. The van der Waals surface area contributed by atoms with Gasteiger partial charge >= 0.3 is 0 Å². The Morgan fingerprint density at radius 2 is 1.73 bits per heavy atom. The van der Waals surface area contributed by atoms with Gasteiger partial charge in [0.1, 0.15) is 0 Å². The molecular formula is C9H16N2. The van der Waals surface area contributed by atoms with Crippen LogP contribution < -0.4 is 5.73 Å². The molecule has 0 saturated carbocycles. The van der Waals surface area contributed by atoms with E-state index in [0.717, 1.165) is 5.57 Å². The first-order chi connectivity index (χ1) is 5.07. The molecule has 0 radical (unpaired) electrons. The highest BCUT2D eigenvalue weighted by Gasteiger charge is 1.88. The molecule has 2 heteroatoms. The molecule has 0 atom stereocenters. The van der Waals surface area contributed by atoms with Crippen LogP contribution in [0.3, 0.4) is 0 Å². The number of hydrogen-bond acceptors (Lipinski definition) is 1. The maximum atomic E-state index is 5.37. The molecule has 0 saturated heterocycles. The lowest BCUT2D eigenvalue weighted by molar-refractivity contribution is 1.29. The highest BCUT2D eigenvalue weighted by atomic mass is 14.8. The van der Waals surface area contributed by atoms with Crippen LogP contribution in [0.2, 0.25) is 0 Å². The lowest BCUT2D eigenvalue weighted by Crippen LogP contribution is -2.03. The number of nitrogens with two attached hydrogens (primary N) is 1. The van der Waals surface area contributed by atoms with Crippen LogP contribution in [0.25, 0.3) is 0 Å². The first kappa shape index (κ1) is 9.95. The molecule has 0 aliphatic carbocycles. The fraction of sp³-hybridized carbons (Fsp3) is 0.444. The third-order valence-corrected chi connectivity index (χ3v) is 1.52. The number of nitrogens with zero attached hydrogens (tertiary/aromatic N) is 1. The molecule has 0 aromatic heterocycles. The van der Waals surface area contributed by atoms with Crippen LogP contribution in [0.4, 0.5) is 0 Å². The minimum Gasteiger partial charge on any atom is -0.387 e. The largest absolute Gasteiger partial charge is 0.387 e. The van der Waals surface area contributed by atoms with Crippen LogP contribution >= 0.6 is 0 Å². The monoisotopic (exact) mass is 152 g/mol.